The molecule has 8 heteroatoms. The van der Waals surface area contributed by atoms with E-state index in [2.05, 4.69) is 11.3 Å². The Kier molecular flexibility index (Phi) is 4.42. The van der Waals surface area contributed by atoms with Crippen LogP contribution in [0, 0.1) is 5.63 Å². The van der Waals surface area contributed by atoms with Crippen LogP contribution in [0.25, 0.3) is 0 Å². The average Bonchev–Trinajstić information content (AvgIpc) is 1.99. The molecule has 0 atom stereocenters. The fourth-order valence-electron chi connectivity index (χ4n) is 0.511. The number of hydrogen-bond donors (Lipinski definition) is 4. The van der Waals surface area contributed by atoms with E-state index < -0.39 is 31.2 Å². The predicted molar refractivity (Wildman–Crippen MR) is 46.7 cm³/mol. The molecule has 0 amide bonds. The standard InChI is InChI=1S/C7H9O7P/c1-4(7(11,12)3-15-13)5(8)14-6(2,9)10/h9-12H,1H2,2H3. The van der Waals surface area contributed by atoms with Gasteiger partial charge < -0.3 is 0 Å². The van der Waals surface area contributed by atoms with Crippen molar-refractivity contribution in [1.29, 1.82) is 0 Å². The second-order valence-corrected chi connectivity index (χ2v) is 3.08. The van der Waals surface area contributed by atoms with Crippen LogP contribution in [0.15, 0.2) is 12.2 Å². The second-order valence-electron chi connectivity index (χ2n) is 2.68. The topological polar surface area (TPSA) is 124 Å². The maximum absolute atomic E-state index is 11.0. The summed E-state index contributed by atoms with van der Waals surface area (Å²) in [6.45, 7) is 3.66. The van der Waals surface area contributed by atoms with Crippen LogP contribution >= 0.6 is 7.92 Å². The van der Waals surface area contributed by atoms with Crippen molar-refractivity contribution in [1.82, 2.24) is 0 Å². The van der Waals surface area contributed by atoms with Crippen molar-refractivity contribution in [2.24, 2.45) is 0 Å². The maximum atomic E-state index is 11.0. The van der Waals surface area contributed by atoms with E-state index in [4.69, 9.17) is 20.4 Å². The first-order valence-corrected chi connectivity index (χ1v) is 4.33. The second kappa shape index (κ2) is 4.72. The Hall–Kier alpha value is -0.940. The minimum atomic E-state index is -2.97. The molecule has 84 valence electrons. The van der Waals surface area contributed by atoms with Crippen molar-refractivity contribution in [3.05, 3.63) is 12.2 Å². The molecular formula is C7H9O7P. The Morgan fingerprint density at radius 3 is 2.20 bits per heavy atom. The molecule has 0 aromatic carbocycles. The number of aliphatic hydroxyl groups is 4. The number of hydrogen-bond acceptors (Lipinski definition) is 7. The molecular weight excluding hydrogens is 227 g/mol. The van der Waals surface area contributed by atoms with Crippen LogP contribution < -0.4 is 0 Å². The Bertz CT molecular complexity index is 372. The molecule has 0 bridgehead atoms. The minimum absolute atomic E-state index is 0.730. The van der Waals surface area contributed by atoms with Crippen molar-refractivity contribution in [3.63, 3.8) is 0 Å². The summed E-state index contributed by atoms with van der Waals surface area (Å²) in [7, 11) is -0.866. The number of ether oxygens (including phenoxy) is 1. The first kappa shape index (κ1) is 14.1. The van der Waals surface area contributed by atoms with E-state index in [9.17, 15) is 9.36 Å². The first-order valence-electron chi connectivity index (χ1n) is 3.52. The van der Waals surface area contributed by atoms with E-state index >= 15 is 0 Å². The number of rotatable bonds is 3. The summed E-state index contributed by atoms with van der Waals surface area (Å²) >= 11 is 0. The molecule has 0 saturated carbocycles. The zero-order valence-corrected chi connectivity index (χ0v) is 8.56. The van der Waals surface area contributed by atoms with Crippen LogP contribution in [-0.2, 0) is 14.1 Å². The van der Waals surface area contributed by atoms with Gasteiger partial charge in [0, 0.05) is 0 Å². The molecule has 0 aliphatic heterocycles. The molecule has 0 heterocycles. The first-order chi connectivity index (χ1) is 6.60. The van der Waals surface area contributed by atoms with E-state index in [1.54, 1.807) is 5.63 Å². The summed E-state index contributed by atoms with van der Waals surface area (Å²) in [5.74, 6) is -7.22. The summed E-state index contributed by atoms with van der Waals surface area (Å²) in [6.07, 6.45) is 0. The quantitative estimate of drug-likeness (QED) is 0.207. The van der Waals surface area contributed by atoms with Crippen molar-refractivity contribution >= 4 is 13.9 Å². The van der Waals surface area contributed by atoms with Gasteiger partial charge in [0.25, 0.3) is 0 Å². The molecule has 0 spiro atoms. The van der Waals surface area contributed by atoms with E-state index in [1.807, 2.05) is 0 Å². The summed E-state index contributed by atoms with van der Waals surface area (Å²) in [5, 5.41) is 35.4. The molecule has 0 unspecified atom stereocenters. The van der Waals surface area contributed by atoms with Crippen LogP contribution in [-0.4, -0.2) is 38.2 Å². The SMILES string of the molecule is C=C(C(=O)OC(C)(O)O)C(O)(O)C#P=O. The number of esters is 1. The normalized spacial score (nSPS) is 11.5. The Morgan fingerprint density at radius 2 is 1.87 bits per heavy atom. The van der Waals surface area contributed by atoms with Gasteiger partial charge in [0.2, 0.25) is 0 Å². The fraction of sp³-hybridized carbons (Fsp3) is 0.429. The van der Waals surface area contributed by atoms with Crippen molar-refractivity contribution in [2.75, 3.05) is 0 Å². The van der Waals surface area contributed by atoms with Gasteiger partial charge in [0.15, 0.2) is 0 Å². The Morgan fingerprint density at radius 1 is 1.40 bits per heavy atom. The Balaban J connectivity index is 4.79. The van der Waals surface area contributed by atoms with Gasteiger partial charge in [-0.25, -0.2) is 0 Å². The van der Waals surface area contributed by atoms with Crippen molar-refractivity contribution in [2.45, 2.75) is 18.7 Å². The van der Waals surface area contributed by atoms with Crippen LogP contribution in [0.1, 0.15) is 6.92 Å². The van der Waals surface area contributed by atoms with Gasteiger partial charge in [-0.3, -0.25) is 0 Å². The Labute approximate surface area is 85.7 Å². The van der Waals surface area contributed by atoms with Gasteiger partial charge >= 0.3 is 84.9 Å². The molecule has 7 nitrogen and oxygen atoms in total. The third kappa shape index (κ3) is 4.90. The van der Waals surface area contributed by atoms with E-state index in [-0.39, 0.29) is 0 Å². The van der Waals surface area contributed by atoms with Crippen molar-refractivity contribution < 1.29 is 34.5 Å². The van der Waals surface area contributed by atoms with Crippen LogP contribution in [0.3, 0.4) is 0 Å². The fourth-order valence-corrected chi connectivity index (χ4v) is 0.773. The van der Waals surface area contributed by atoms with Crippen LogP contribution in [0.4, 0.5) is 0 Å². The summed E-state index contributed by atoms with van der Waals surface area (Å²) in [5.41, 5.74) is 0.594. The van der Waals surface area contributed by atoms with Gasteiger partial charge in [0.05, 0.1) is 0 Å². The molecule has 0 saturated heterocycles. The van der Waals surface area contributed by atoms with Gasteiger partial charge in [0.1, 0.15) is 0 Å². The van der Waals surface area contributed by atoms with Crippen LogP contribution in [0.5, 0.6) is 0 Å². The van der Waals surface area contributed by atoms with Gasteiger partial charge in [-0.05, 0) is 0 Å². The molecule has 0 aliphatic carbocycles. The predicted octanol–water partition coefficient (Wildman–Crippen LogP) is -1.32. The molecule has 4 N–H and O–H groups in total. The van der Waals surface area contributed by atoms with E-state index in [0.717, 1.165) is 6.92 Å². The molecule has 0 aromatic rings. The molecule has 0 radical (unpaired) electrons. The molecule has 0 rings (SSSR count). The summed E-state index contributed by atoms with van der Waals surface area (Å²) < 4.78 is 13.9. The van der Waals surface area contributed by atoms with Gasteiger partial charge in [-0.15, -0.1) is 0 Å². The zero-order chi connectivity index (χ0) is 12.3. The molecule has 0 aliphatic rings. The van der Waals surface area contributed by atoms with E-state index in [0.29, 0.717) is 0 Å². The average molecular weight is 236 g/mol. The third-order valence-corrected chi connectivity index (χ3v) is 1.56. The number of carbonyl (C=O) groups is 1. The summed E-state index contributed by atoms with van der Waals surface area (Å²) in [4.78, 5) is 11.0. The zero-order valence-electron chi connectivity index (χ0n) is 7.67. The number of carbonyl (C=O) groups excluding carboxylic acids is 1. The van der Waals surface area contributed by atoms with Gasteiger partial charge in [-0.2, -0.15) is 0 Å². The van der Waals surface area contributed by atoms with E-state index in [1.165, 1.54) is 0 Å². The monoisotopic (exact) mass is 236 g/mol. The van der Waals surface area contributed by atoms with Crippen molar-refractivity contribution in [3.8, 4) is 5.63 Å². The summed E-state index contributed by atoms with van der Waals surface area (Å²) in [6, 6.07) is 0. The molecule has 0 aromatic heterocycles. The van der Waals surface area contributed by atoms with Gasteiger partial charge in [-0.1, -0.05) is 0 Å². The molecule has 0 fully saturated rings. The van der Waals surface area contributed by atoms with Crippen LogP contribution in [0.2, 0.25) is 0 Å². The molecule has 15 heavy (non-hydrogen) atoms. The third-order valence-electron chi connectivity index (χ3n) is 1.15.